The summed E-state index contributed by atoms with van der Waals surface area (Å²) in [6.07, 6.45) is 10.8. The van der Waals surface area contributed by atoms with Crippen LogP contribution in [0.3, 0.4) is 0 Å². The quantitative estimate of drug-likeness (QED) is 0.722. The van der Waals surface area contributed by atoms with Crippen molar-refractivity contribution in [2.24, 2.45) is 5.73 Å². The van der Waals surface area contributed by atoms with Gasteiger partial charge in [0.05, 0.1) is 0 Å². The molecule has 2 N–H and O–H groups in total. The summed E-state index contributed by atoms with van der Waals surface area (Å²) in [5, 5.41) is 0. The lowest BCUT2D eigenvalue weighted by atomic mass is 9.94. The molecular weight excluding hydrogens is 196 g/mol. The van der Waals surface area contributed by atoms with Crippen LogP contribution in [0.4, 0.5) is 0 Å². The van der Waals surface area contributed by atoms with E-state index in [0.717, 1.165) is 18.6 Å². The number of piperidine rings is 1. The van der Waals surface area contributed by atoms with Crippen molar-refractivity contribution in [2.75, 3.05) is 13.1 Å². The topological polar surface area (TPSA) is 29.3 Å². The van der Waals surface area contributed by atoms with Crippen LogP contribution in [-0.2, 0) is 0 Å². The molecule has 1 aliphatic rings. The van der Waals surface area contributed by atoms with E-state index in [1.165, 1.54) is 57.9 Å². The highest BCUT2D eigenvalue weighted by atomic mass is 15.2. The first-order valence-electron chi connectivity index (χ1n) is 7.29. The molecular formula is C14H30N2. The van der Waals surface area contributed by atoms with E-state index in [1.807, 2.05) is 0 Å². The number of nitrogens with zero attached hydrogens (tertiary/aromatic N) is 1. The standard InChI is InChI=1S/C14H30N2/c1-3-5-8-13(4-2)16-12-7-6-9-14(16)10-11-15/h13-14H,3-12,15H2,1-2H3. The van der Waals surface area contributed by atoms with Gasteiger partial charge in [0.2, 0.25) is 0 Å². The second-order valence-electron chi connectivity index (χ2n) is 5.17. The molecule has 2 atom stereocenters. The maximum Gasteiger partial charge on any atom is 0.0110 e. The zero-order chi connectivity index (χ0) is 11.8. The minimum absolute atomic E-state index is 0.778. The van der Waals surface area contributed by atoms with Gasteiger partial charge in [0.25, 0.3) is 0 Å². The van der Waals surface area contributed by atoms with E-state index in [0.29, 0.717) is 0 Å². The summed E-state index contributed by atoms with van der Waals surface area (Å²) in [5.41, 5.74) is 5.74. The van der Waals surface area contributed by atoms with Gasteiger partial charge >= 0.3 is 0 Å². The van der Waals surface area contributed by atoms with E-state index >= 15 is 0 Å². The monoisotopic (exact) mass is 226 g/mol. The lowest BCUT2D eigenvalue weighted by Gasteiger charge is -2.41. The van der Waals surface area contributed by atoms with Crippen molar-refractivity contribution < 1.29 is 0 Å². The van der Waals surface area contributed by atoms with Crippen molar-refractivity contribution in [3.05, 3.63) is 0 Å². The van der Waals surface area contributed by atoms with Crippen LogP contribution in [-0.4, -0.2) is 30.1 Å². The van der Waals surface area contributed by atoms with Gasteiger partial charge in [-0.3, -0.25) is 4.90 Å². The molecule has 2 unspecified atom stereocenters. The fourth-order valence-corrected chi connectivity index (χ4v) is 3.05. The normalized spacial score (nSPS) is 24.6. The fourth-order valence-electron chi connectivity index (χ4n) is 3.05. The number of nitrogens with two attached hydrogens (primary N) is 1. The highest BCUT2D eigenvalue weighted by Crippen LogP contribution is 2.25. The third-order valence-corrected chi connectivity index (χ3v) is 4.00. The van der Waals surface area contributed by atoms with Gasteiger partial charge in [-0.2, -0.15) is 0 Å². The summed E-state index contributed by atoms with van der Waals surface area (Å²) in [5.74, 6) is 0. The lowest BCUT2D eigenvalue weighted by Crippen LogP contribution is -2.46. The molecule has 16 heavy (non-hydrogen) atoms. The van der Waals surface area contributed by atoms with Crippen molar-refractivity contribution in [3.63, 3.8) is 0 Å². The van der Waals surface area contributed by atoms with Gasteiger partial charge < -0.3 is 5.73 Å². The molecule has 0 spiro atoms. The van der Waals surface area contributed by atoms with Crippen LogP contribution in [0.25, 0.3) is 0 Å². The lowest BCUT2D eigenvalue weighted by molar-refractivity contribution is 0.0814. The van der Waals surface area contributed by atoms with E-state index in [9.17, 15) is 0 Å². The number of hydrogen-bond donors (Lipinski definition) is 1. The van der Waals surface area contributed by atoms with Crippen LogP contribution < -0.4 is 5.73 Å². The zero-order valence-corrected chi connectivity index (χ0v) is 11.3. The third-order valence-electron chi connectivity index (χ3n) is 4.00. The van der Waals surface area contributed by atoms with Crippen LogP contribution in [0.5, 0.6) is 0 Å². The molecule has 1 rings (SSSR count). The molecule has 1 heterocycles. The molecule has 0 aliphatic carbocycles. The van der Waals surface area contributed by atoms with Gasteiger partial charge in [-0.25, -0.2) is 0 Å². The SMILES string of the molecule is CCCCC(CC)N1CCCCC1CCN. The highest BCUT2D eigenvalue weighted by molar-refractivity contribution is 4.82. The minimum Gasteiger partial charge on any atom is -0.330 e. The summed E-state index contributed by atoms with van der Waals surface area (Å²) < 4.78 is 0. The first-order chi connectivity index (χ1) is 7.83. The van der Waals surface area contributed by atoms with Crippen LogP contribution in [0.1, 0.15) is 65.2 Å². The van der Waals surface area contributed by atoms with Crippen molar-refractivity contribution in [1.82, 2.24) is 4.90 Å². The van der Waals surface area contributed by atoms with E-state index in [-0.39, 0.29) is 0 Å². The zero-order valence-electron chi connectivity index (χ0n) is 11.3. The Kier molecular flexibility index (Phi) is 7.06. The summed E-state index contributed by atoms with van der Waals surface area (Å²) in [7, 11) is 0. The smallest absolute Gasteiger partial charge is 0.0110 e. The Balaban J connectivity index is 2.49. The van der Waals surface area contributed by atoms with Gasteiger partial charge in [0.1, 0.15) is 0 Å². The third kappa shape index (κ3) is 4.06. The first-order valence-corrected chi connectivity index (χ1v) is 7.29. The number of likely N-dealkylation sites (tertiary alicyclic amines) is 1. The maximum atomic E-state index is 5.74. The van der Waals surface area contributed by atoms with Gasteiger partial charge in [-0.05, 0) is 45.2 Å². The molecule has 0 aromatic heterocycles. The second kappa shape index (κ2) is 8.08. The molecule has 0 saturated carbocycles. The van der Waals surface area contributed by atoms with Crippen molar-refractivity contribution in [3.8, 4) is 0 Å². The molecule has 0 aromatic carbocycles. The largest absolute Gasteiger partial charge is 0.330 e. The Morgan fingerprint density at radius 2 is 2.12 bits per heavy atom. The summed E-state index contributed by atoms with van der Waals surface area (Å²) in [6.45, 7) is 6.80. The minimum atomic E-state index is 0.778. The van der Waals surface area contributed by atoms with Crippen LogP contribution in [0, 0.1) is 0 Å². The molecule has 1 aliphatic heterocycles. The number of rotatable bonds is 7. The summed E-state index contributed by atoms with van der Waals surface area (Å²) in [6, 6.07) is 1.59. The van der Waals surface area contributed by atoms with E-state index < -0.39 is 0 Å². The highest BCUT2D eigenvalue weighted by Gasteiger charge is 2.26. The molecule has 2 heteroatoms. The van der Waals surface area contributed by atoms with Crippen LogP contribution in [0.2, 0.25) is 0 Å². The molecule has 1 saturated heterocycles. The van der Waals surface area contributed by atoms with E-state index in [4.69, 9.17) is 5.73 Å². The maximum absolute atomic E-state index is 5.74. The van der Waals surface area contributed by atoms with Crippen molar-refractivity contribution in [2.45, 2.75) is 77.3 Å². The molecule has 0 amide bonds. The predicted molar refractivity (Wildman–Crippen MR) is 71.6 cm³/mol. The van der Waals surface area contributed by atoms with Crippen LogP contribution in [0.15, 0.2) is 0 Å². The van der Waals surface area contributed by atoms with E-state index in [1.54, 1.807) is 0 Å². The van der Waals surface area contributed by atoms with Gasteiger partial charge in [0.15, 0.2) is 0 Å². The molecule has 1 fully saturated rings. The Bertz CT molecular complexity index is 168. The molecule has 2 nitrogen and oxygen atoms in total. The van der Waals surface area contributed by atoms with Gasteiger partial charge in [0, 0.05) is 12.1 Å². The Morgan fingerprint density at radius 1 is 1.31 bits per heavy atom. The summed E-state index contributed by atoms with van der Waals surface area (Å²) >= 11 is 0. The van der Waals surface area contributed by atoms with Gasteiger partial charge in [-0.1, -0.05) is 33.1 Å². The van der Waals surface area contributed by atoms with E-state index in [2.05, 4.69) is 18.7 Å². The average Bonchev–Trinajstić information content (AvgIpc) is 2.32. The number of hydrogen-bond acceptors (Lipinski definition) is 2. The van der Waals surface area contributed by atoms with Gasteiger partial charge in [-0.15, -0.1) is 0 Å². The molecule has 0 radical (unpaired) electrons. The van der Waals surface area contributed by atoms with Crippen molar-refractivity contribution in [1.29, 1.82) is 0 Å². The molecule has 96 valence electrons. The molecule has 0 aromatic rings. The fraction of sp³-hybridized carbons (Fsp3) is 1.00. The molecule has 0 bridgehead atoms. The van der Waals surface area contributed by atoms with Crippen molar-refractivity contribution >= 4 is 0 Å². The van der Waals surface area contributed by atoms with Crippen LogP contribution >= 0.6 is 0 Å². The first kappa shape index (κ1) is 14.0. The Labute approximate surface area is 102 Å². The Morgan fingerprint density at radius 3 is 2.75 bits per heavy atom. The summed E-state index contributed by atoms with van der Waals surface area (Å²) in [4.78, 5) is 2.77. The second-order valence-corrected chi connectivity index (χ2v) is 5.17. The average molecular weight is 226 g/mol. The Hall–Kier alpha value is -0.0800. The predicted octanol–water partition coefficient (Wildman–Crippen LogP) is 3.16. The number of unbranched alkanes of at least 4 members (excludes halogenated alkanes) is 1.